The third-order valence-electron chi connectivity index (χ3n) is 3.32. The molecule has 1 aromatic carbocycles. The number of aryl methyl sites for hydroxylation is 1. The van der Waals surface area contributed by atoms with Gasteiger partial charge in [0.25, 0.3) is 0 Å². The molecule has 0 spiro atoms. The number of ketones is 1. The first kappa shape index (κ1) is 17.1. The van der Waals surface area contributed by atoms with Crippen molar-refractivity contribution >= 4 is 17.4 Å². The number of aliphatic hydroxyl groups excluding tert-OH is 2. The number of carbonyl (C=O) groups excluding carboxylic acids is 2. The van der Waals surface area contributed by atoms with Gasteiger partial charge in [-0.1, -0.05) is 6.07 Å². The number of rotatable bonds is 7. The molecule has 6 heteroatoms. The van der Waals surface area contributed by atoms with Crippen LogP contribution in [0.2, 0.25) is 0 Å². The maximum absolute atomic E-state index is 11.9. The van der Waals surface area contributed by atoms with Gasteiger partial charge in [-0.15, -0.1) is 0 Å². The molecule has 0 radical (unpaired) electrons. The highest BCUT2D eigenvalue weighted by Gasteiger charge is 2.32. The predicted molar refractivity (Wildman–Crippen MR) is 78.3 cm³/mol. The molecule has 0 aliphatic rings. The standard InChI is InChI=1S/C15H21NO5/c1-10-4-5-12(21-3)11(6-10)16-14(20)7-13(19)15(2,8-17)9-18/h4-6,17-18H,7-9H2,1-3H3,(H,16,20). The first-order valence-corrected chi connectivity index (χ1v) is 6.56. The molecule has 0 aliphatic carbocycles. The van der Waals surface area contributed by atoms with Crippen molar-refractivity contribution in [2.45, 2.75) is 20.3 Å². The number of benzene rings is 1. The Morgan fingerprint density at radius 3 is 2.43 bits per heavy atom. The number of anilines is 1. The van der Waals surface area contributed by atoms with Gasteiger partial charge in [0.05, 0.1) is 37.8 Å². The Balaban J connectivity index is 2.79. The summed E-state index contributed by atoms with van der Waals surface area (Å²) in [5.74, 6) is -0.540. The Morgan fingerprint density at radius 1 is 1.29 bits per heavy atom. The minimum atomic E-state index is -1.31. The topological polar surface area (TPSA) is 95.9 Å². The largest absolute Gasteiger partial charge is 0.495 e. The van der Waals surface area contributed by atoms with Gasteiger partial charge in [-0.3, -0.25) is 9.59 Å². The van der Waals surface area contributed by atoms with E-state index in [4.69, 9.17) is 14.9 Å². The van der Waals surface area contributed by atoms with Gasteiger partial charge in [-0.25, -0.2) is 0 Å². The lowest BCUT2D eigenvalue weighted by atomic mass is 9.86. The highest BCUT2D eigenvalue weighted by molar-refractivity contribution is 6.06. The molecule has 6 nitrogen and oxygen atoms in total. The van der Waals surface area contributed by atoms with E-state index in [-0.39, 0.29) is 0 Å². The maximum Gasteiger partial charge on any atom is 0.231 e. The van der Waals surface area contributed by atoms with Crippen LogP contribution in [0.3, 0.4) is 0 Å². The van der Waals surface area contributed by atoms with E-state index in [0.717, 1.165) is 5.56 Å². The first-order valence-electron chi connectivity index (χ1n) is 6.56. The molecule has 0 saturated heterocycles. The molecule has 1 amide bonds. The molecule has 21 heavy (non-hydrogen) atoms. The second-order valence-corrected chi connectivity index (χ2v) is 5.23. The fourth-order valence-corrected chi connectivity index (χ4v) is 1.70. The summed E-state index contributed by atoms with van der Waals surface area (Å²) in [4.78, 5) is 23.9. The number of methoxy groups -OCH3 is 1. The molecule has 1 aromatic rings. The molecule has 0 unspecified atom stereocenters. The van der Waals surface area contributed by atoms with Gasteiger partial charge in [0.2, 0.25) is 5.91 Å². The van der Waals surface area contributed by atoms with Crippen LogP contribution in [0, 0.1) is 12.3 Å². The number of hydrogen-bond donors (Lipinski definition) is 3. The SMILES string of the molecule is COc1ccc(C)cc1NC(=O)CC(=O)C(C)(CO)CO. The summed E-state index contributed by atoms with van der Waals surface area (Å²) >= 11 is 0. The van der Waals surface area contributed by atoms with Crippen LogP contribution in [0.1, 0.15) is 18.9 Å². The van der Waals surface area contributed by atoms with Crippen molar-refractivity contribution < 1.29 is 24.5 Å². The zero-order chi connectivity index (χ0) is 16.0. The number of ether oxygens (including phenoxy) is 1. The summed E-state index contributed by atoms with van der Waals surface area (Å²) in [6, 6.07) is 5.30. The van der Waals surface area contributed by atoms with E-state index in [0.29, 0.717) is 11.4 Å². The fraction of sp³-hybridized carbons (Fsp3) is 0.467. The minimum Gasteiger partial charge on any atom is -0.495 e. The van der Waals surface area contributed by atoms with E-state index in [9.17, 15) is 9.59 Å². The van der Waals surface area contributed by atoms with Crippen LogP contribution < -0.4 is 10.1 Å². The summed E-state index contributed by atoms with van der Waals surface area (Å²) in [6.07, 6.45) is -0.422. The van der Waals surface area contributed by atoms with Crippen LogP contribution >= 0.6 is 0 Å². The molecular weight excluding hydrogens is 274 g/mol. The number of amides is 1. The number of hydrogen-bond acceptors (Lipinski definition) is 5. The zero-order valence-corrected chi connectivity index (χ0v) is 12.5. The summed E-state index contributed by atoms with van der Waals surface area (Å²) in [7, 11) is 1.49. The van der Waals surface area contributed by atoms with Gasteiger partial charge in [0, 0.05) is 0 Å². The predicted octanol–water partition coefficient (Wildman–Crippen LogP) is 0.892. The minimum absolute atomic E-state index is 0.422. The molecule has 1 rings (SSSR count). The molecule has 0 fully saturated rings. The summed E-state index contributed by atoms with van der Waals surface area (Å²) in [6.45, 7) is 2.26. The van der Waals surface area contributed by atoms with E-state index >= 15 is 0 Å². The van der Waals surface area contributed by atoms with Crippen LogP contribution in [-0.2, 0) is 9.59 Å². The smallest absolute Gasteiger partial charge is 0.231 e. The van der Waals surface area contributed by atoms with Gasteiger partial charge < -0.3 is 20.3 Å². The first-order chi connectivity index (χ1) is 9.86. The van der Waals surface area contributed by atoms with E-state index in [1.165, 1.54) is 14.0 Å². The lowest BCUT2D eigenvalue weighted by Crippen LogP contribution is -2.37. The van der Waals surface area contributed by atoms with Crippen LogP contribution in [-0.4, -0.2) is 42.2 Å². The molecule has 0 bridgehead atoms. The normalized spacial score (nSPS) is 11.1. The van der Waals surface area contributed by atoms with Crippen molar-refractivity contribution in [1.29, 1.82) is 0 Å². The monoisotopic (exact) mass is 295 g/mol. The molecule has 0 aliphatic heterocycles. The number of aliphatic hydroxyl groups is 2. The second kappa shape index (κ2) is 7.19. The van der Waals surface area contributed by atoms with Crippen molar-refractivity contribution in [2.75, 3.05) is 25.6 Å². The molecule has 0 aromatic heterocycles. The van der Waals surface area contributed by atoms with Crippen molar-refractivity contribution in [3.8, 4) is 5.75 Å². The van der Waals surface area contributed by atoms with E-state index in [2.05, 4.69) is 5.32 Å². The van der Waals surface area contributed by atoms with Gasteiger partial charge in [-0.05, 0) is 31.5 Å². The number of nitrogens with one attached hydrogen (secondary N) is 1. The van der Waals surface area contributed by atoms with Gasteiger partial charge in [0.1, 0.15) is 5.75 Å². The Morgan fingerprint density at radius 2 is 1.90 bits per heavy atom. The molecule has 116 valence electrons. The number of Topliss-reactive ketones (excluding diaryl/α,β-unsaturated/α-hetero) is 1. The second-order valence-electron chi connectivity index (χ2n) is 5.23. The van der Waals surface area contributed by atoms with Crippen molar-refractivity contribution in [2.24, 2.45) is 5.41 Å². The van der Waals surface area contributed by atoms with Crippen LogP contribution in [0.15, 0.2) is 18.2 Å². The van der Waals surface area contributed by atoms with E-state index in [1.54, 1.807) is 12.1 Å². The molecule has 0 heterocycles. The van der Waals surface area contributed by atoms with Gasteiger partial charge in [0.15, 0.2) is 5.78 Å². The summed E-state index contributed by atoms with van der Waals surface area (Å²) in [5.41, 5.74) is 0.103. The highest BCUT2D eigenvalue weighted by atomic mass is 16.5. The van der Waals surface area contributed by atoms with Crippen LogP contribution in [0.4, 0.5) is 5.69 Å². The average Bonchev–Trinajstić information content (AvgIpc) is 2.46. The Kier molecular flexibility index (Phi) is 5.87. The highest BCUT2D eigenvalue weighted by Crippen LogP contribution is 2.26. The van der Waals surface area contributed by atoms with Crippen LogP contribution in [0.5, 0.6) is 5.75 Å². The molecule has 0 atom stereocenters. The molecular formula is C15H21NO5. The third-order valence-corrected chi connectivity index (χ3v) is 3.32. The Hall–Kier alpha value is -1.92. The average molecular weight is 295 g/mol. The van der Waals surface area contributed by atoms with Gasteiger partial charge >= 0.3 is 0 Å². The Labute approximate surface area is 123 Å². The van der Waals surface area contributed by atoms with Crippen molar-refractivity contribution in [1.82, 2.24) is 0 Å². The maximum atomic E-state index is 11.9. The summed E-state index contributed by atoms with van der Waals surface area (Å²) in [5, 5.41) is 20.9. The zero-order valence-electron chi connectivity index (χ0n) is 12.5. The molecule has 3 N–H and O–H groups in total. The fourth-order valence-electron chi connectivity index (χ4n) is 1.70. The van der Waals surface area contributed by atoms with Crippen molar-refractivity contribution in [3.63, 3.8) is 0 Å². The van der Waals surface area contributed by atoms with Crippen molar-refractivity contribution in [3.05, 3.63) is 23.8 Å². The number of carbonyl (C=O) groups is 2. The Bertz CT molecular complexity index is 523. The van der Waals surface area contributed by atoms with Gasteiger partial charge in [-0.2, -0.15) is 0 Å². The van der Waals surface area contributed by atoms with E-state index < -0.39 is 36.7 Å². The summed E-state index contributed by atoms with van der Waals surface area (Å²) < 4.78 is 5.14. The quantitative estimate of drug-likeness (QED) is 0.649. The third kappa shape index (κ3) is 4.27. The lowest BCUT2D eigenvalue weighted by Gasteiger charge is -2.22. The van der Waals surface area contributed by atoms with Crippen LogP contribution in [0.25, 0.3) is 0 Å². The van der Waals surface area contributed by atoms with E-state index in [1.807, 2.05) is 13.0 Å². The lowest BCUT2D eigenvalue weighted by molar-refractivity contribution is -0.135. The molecule has 0 saturated carbocycles.